The number of aromatic nitrogens is 2. The molecule has 5 rings (SSSR count). The van der Waals surface area contributed by atoms with E-state index < -0.39 is 0 Å². The first-order valence-corrected chi connectivity index (χ1v) is 11.7. The lowest BCUT2D eigenvalue weighted by Gasteiger charge is -2.26. The molecule has 2 aliphatic heterocycles. The van der Waals surface area contributed by atoms with E-state index >= 15 is 0 Å². The first-order valence-electron chi connectivity index (χ1n) is 11.7. The topological polar surface area (TPSA) is 41.5 Å². The Balaban J connectivity index is 0.984. The van der Waals surface area contributed by atoms with Gasteiger partial charge in [0.1, 0.15) is 6.33 Å². The molecule has 3 aliphatic rings. The van der Waals surface area contributed by atoms with E-state index in [1.54, 1.807) is 6.33 Å². The third kappa shape index (κ3) is 4.90. The molecule has 160 valence electrons. The van der Waals surface area contributed by atoms with Crippen molar-refractivity contribution < 1.29 is 4.74 Å². The highest BCUT2D eigenvalue weighted by molar-refractivity contribution is 5.61. The molecule has 3 atom stereocenters. The highest BCUT2D eigenvalue weighted by Crippen LogP contribution is 2.52. The van der Waals surface area contributed by atoms with Gasteiger partial charge in [-0.3, -0.25) is 4.90 Å². The second kappa shape index (κ2) is 9.54. The molecule has 1 aromatic heterocycles. The fraction of sp³-hybridized carbons (Fsp3) is 0.600. The number of rotatable bonds is 9. The molecule has 2 saturated heterocycles. The molecule has 2 aromatic rings. The van der Waals surface area contributed by atoms with Crippen LogP contribution >= 0.6 is 0 Å². The highest BCUT2D eigenvalue weighted by atomic mass is 16.5. The molecule has 1 aliphatic carbocycles. The van der Waals surface area contributed by atoms with Gasteiger partial charge in [0.25, 0.3) is 0 Å². The molecule has 5 heteroatoms. The van der Waals surface area contributed by atoms with Crippen LogP contribution in [0.2, 0.25) is 0 Å². The van der Waals surface area contributed by atoms with Crippen molar-refractivity contribution in [1.82, 2.24) is 19.8 Å². The lowest BCUT2D eigenvalue weighted by atomic mass is 10.1. The Kier molecular flexibility index (Phi) is 6.40. The normalized spacial score (nSPS) is 26.6. The van der Waals surface area contributed by atoms with Crippen molar-refractivity contribution in [2.75, 3.05) is 45.9 Å². The summed E-state index contributed by atoms with van der Waals surface area (Å²) in [5, 5.41) is 0. The summed E-state index contributed by atoms with van der Waals surface area (Å²) in [5.41, 5.74) is 3.65. The van der Waals surface area contributed by atoms with Gasteiger partial charge in [0.05, 0.1) is 6.61 Å². The molecular formula is C25H34N4O. The number of hydrogen-bond donors (Lipinski definition) is 0. The van der Waals surface area contributed by atoms with E-state index in [2.05, 4.69) is 44.0 Å². The lowest BCUT2D eigenvalue weighted by molar-refractivity contribution is 0.0967. The van der Waals surface area contributed by atoms with Crippen LogP contribution in [0.1, 0.15) is 31.2 Å². The zero-order chi connectivity index (χ0) is 20.2. The van der Waals surface area contributed by atoms with Crippen LogP contribution in [0.4, 0.5) is 0 Å². The van der Waals surface area contributed by atoms with E-state index in [1.807, 2.05) is 12.4 Å². The Morgan fingerprint density at radius 3 is 2.33 bits per heavy atom. The smallest absolute Gasteiger partial charge is 0.115 e. The van der Waals surface area contributed by atoms with Crippen molar-refractivity contribution in [2.24, 2.45) is 17.8 Å². The highest BCUT2D eigenvalue weighted by Gasteiger charge is 2.55. The van der Waals surface area contributed by atoms with E-state index in [0.717, 1.165) is 43.1 Å². The first kappa shape index (κ1) is 20.1. The monoisotopic (exact) mass is 406 g/mol. The van der Waals surface area contributed by atoms with Crippen LogP contribution in [-0.4, -0.2) is 65.7 Å². The van der Waals surface area contributed by atoms with Crippen molar-refractivity contribution >= 4 is 0 Å². The van der Waals surface area contributed by atoms with Crippen LogP contribution in [0.25, 0.3) is 11.1 Å². The van der Waals surface area contributed by atoms with E-state index in [-0.39, 0.29) is 0 Å². The van der Waals surface area contributed by atoms with Gasteiger partial charge in [0.2, 0.25) is 0 Å². The van der Waals surface area contributed by atoms with Crippen molar-refractivity contribution in [3.8, 4) is 11.1 Å². The van der Waals surface area contributed by atoms with Gasteiger partial charge in [-0.1, -0.05) is 30.7 Å². The predicted octanol–water partition coefficient (Wildman–Crippen LogP) is 3.71. The van der Waals surface area contributed by atoms with Crippen LogP contribution in [0.3, 0.4) is 0 Å². The summed E-state index contributed by atoms with van der Waals surface area (Å²) < 4.78 is 6.04. The minimum absolute atomic E-state index is 0.816. The van der Waals surface area contributed by atoms with Crippen molar-refractivity contribution in [3.05, 3.63) is 48.5 Å². The standard InChI is InChI=1S/C25H34N4O/c1-2-9-28(10-3-1)11-4-12-30-18-25-23-16-29(17-24(23)25)15-20-5-7-21(8-6-20)22-13-26-19-27-14-22/h5-8,13-14,19,23-25H,1-4,9-12,15-18H2/t23-,24+,25+. The van der Waals surface area contributed by atoms with Crippen molar-refractivity contribution in [2.45, 2.75) is 32.2 Å². The largest absolute Gasteiger partial charge is 0.381 e. The van der Waals surface area contributed by atoms with E-state index in [9.17, 15) is 0 Å². The maximum absolute atomic E-state index is 6.04. The van der Waals surface area contributed by atoms with Crippen molar-refractivity contribution in [3.63, 3.8) is 0 Å². The van der Waals surface area contributed by atoms with Crippen LogP contribution in [0.15, 0.2) is 43.0 Å². The summed E-state index contributed by atoms with van der Waals surface area (Å²) in [6, 6.07) is 8.86. The molecule has 0 unspecified atom stereocenters. The van der Waals surface area contributed by atoms with Crippen LogP contribution in [0, 0.1) is 17.8 Å². The summed E-state index contributed by atoms with van der Waals surface area (Å²) >= 11 is 0. The van der Waals surface area contributed by atoms with Gasteiger partial charge in [-0.15, -0.1) is 0 Å². The van der Waals surface area contributed by atoms with E-state index in [0.29, 0.717) is 0 Å². The zero-order valence-electron chi connectivity index (χ0n) is 18.0. The molecule has 5 nitrogen and oxygen atoms in total. The van der Waals surface area contributed by atoms with Crippen LogP contribution in [0.5, 0.6) is 0 Å². The average Bonchev–Trinajstić information content (AvgIpc) is 3.25. The second-order valence-corrected chi connectivity index (χ2v) is 9.34. The number of piperidine rings is 2. The molecular weight excluding hydrogens is 372 g/mol. The quantitative estimate of drug-likeness (QED) is 0.594. The van der Waals surface area contributed by atoms with Gasteiger partial charge < -0.3 is 9.64 Å². The van der Waals surface area contributed by atoms with E-state index in [4.69, 9.17) is 4.74 Å². The minimum atomic E-state index is 0.816. The Bertz CT molecular complexity index is 779. The third-order valence-electron chi connectivity index (χ3n) is 7.22. The molecule has 1 aromatic carbocycles. The average molecular weight is 407 g/mol. The zero-order valence-corrected chi connectivity index (χ0v) is 18.0. The SMILES string of the molecule is c1ncc(-c2ccc(CN3C[C@@H]4[C@@H](COCCCN5CCCCC5)[C@@H]4C3)cc2)cn1. The maximum Gasteiger partial charge on any atom is 0.115 e. The Labute approximate surface area is 180 Å². The minimum Gasteiger partial charge on any atom is -0.381 e. The summed E-state index contributed by atoms with van der Waals surface area (Å²) in [7, 11) is 0. The number of likely N-dealkylation sites (tertiary alicyclic amines) is 2. The number of hydrogen-bond acceptors (Lipinski definition) is 5. The first-order chi connectivity index (χ1) is 14.9. The van der Waals surface area contributed by atoms with Crippen molar-refractivity contribution in [1.29, 1.82) is 0 Å². The summed E-state index contributed by atoms with van der Waals surface area (Å²) in [6.07, 6.45) is 10.7. The van der Waals surface area contributed by atoms with Gasteiger partial charge in [-0.25, -0.2) is 9.97 Å². The number of benzene rings is 1. The summed E-state index contributed by atoms with van der Waals surface area (Å²) in [4.78, 5) is 13.4. The summed E-state index contributed by atoms with van der Waals surface area (Å²) in [6.45, 7) is 9.27. The van der Waals surface area contributed by atoms with Gasteiger partial charge >= 0.3 is 0 Å². The van der Waals surface area contributed by atoms with Crippen LogP contribution < -0.4 is 0 Å². The molecule has 0 amide bonds. The Morgan fingerprint density at radius 2 is 1.60 bits per heavy atom. The van der Waals surface area contributed by atoms with Crippen LogP contribution in [-0.2, 0) is 11.3 Å². The maximum atomic E-state index is 6.04. The molecule has 0 bridgehead atoms. The Hall–Kier alpha value is -1.82. The van der Waals surface area contributed by atoms with Gasteiger partial charge in [0, 0.05) is 50.7 Å². The second-order valence-electron chi connectivity index (χ2n) is 9.34. The molecule has 0 spiro atoms. The number of nitrogens with zero attached hydrogens (tertiary/aromatic N) is 4. The van der Waals surface area contributed by atoms with Gasteiger partial charge in [0.15, 0.2) is 0 Å². The van der Waals surface area contributed by atoms with E-state index in [1.165, 1.54) is 69.5 Å². The molecule has 3 heterocycles. The predicted molar refractivity (Wildman–Crippen MR) is 119 cm³/mol. The number of ether oxygens (including phenoxy) is 1. The fourth-order valence-electron chi connectivity index (χ4n) is 5.41. The molecule has 0 radical (unpaired) electrons. The molecule has 3 fully saturated rings. The third-order valence-corrected chi connectivity index (χ3v) is 7.22. The van der Waals surface area contributed by atoms with Gasteiger partial charge in [-0.05, 0) is 61.2 Å². The van der Waals surface area contributed by atoms with Gasteiger partial charge in [-0.2, -0.15) is 0 Å². The molecule has 1 saturated carbocycles. The number of fused-ring (bicyclic) bond motifs is 1. The molecule has 0 N–H and O–H groups in total. The molecule has 30 heavy (non-hydrogen) atoms. The summed E-state index contributed by atoms with van der Waals surface area (Å²) in [5.74, 6) is 2.55. The Morgan fingerprint density at radius 1 is 0.867 bits per heavy atom. The fourth-order valence-corrected chi connectivity index (χ4v) is 5.41. The lowest BCUT2D eigenvalue weighted by Crippen LogP contribution is -2.31.